The summed E-state index contributed by atoms with van der Waals surface area (Å²) in [6.07, 6.45) is 3.55. The van der Waals surface area contributed by atoms with Crippen LogP contribution in [0.1, 0.15) is 22.4 Å². The van der Waals surface area contributed by atoms with E-state index in [0.29, 0.717) is 61.6 Å². The van der Waals surface area contributed by atoms with Crippen LogP contribution in [0, 0.1) is 12.7 Å². The predicted molar refractivity (Wildman–Crippen MR) is 211 cm³/mol. The van der Waals surface area contributed by atoms with Crippen molar-refractivity contribution in [3.63, 3.8) is 0 Å². The van der Waals surface area contributed by atoms with E-state index >= 15 is 0 Å². The number of nitrogens with zero attached hydrogens (tertiary/aromatic N) is 7. The van der Waals surface area contributed by atoms with Crippen molar-refractivity contribution in [2.75, 3.05) is 51.3 Å². The van der Waals surface area contributed by atoms with Gasteiger partial charge in [0.2, 0.25) is 0 Å². The van der Waals surface area contributed by atoms with Gasteiger partial charge in [0.25, 0.3) is 0 Å². The second-order valence-electron chi connectivity index (χ2n) is 14.9. The molecule has 0 unspecified atom stereocenters. The first-order valence-corrected chi connectivity index (χ1v) is 22.9. The highest BCUT2D eigenvalue weighted by Crippen LogP contribution is 2.37. The van der Waals surface area contributed by atoms with E-state index in [1.807, 2.05) is 52.6 Å². The number of aromatic nitrogens is 3. The maximum atomic E-state index is 14.1. The Kier molecular flexibility index (Phi) is 11.0. The van der Waals surface area contributed by atoms with Gasteiger partial charge in [-0.2, -0.15) is 0 Å². The molecular weight excluding hydrogens is 747 g/mol. The second-order valence-corrected chi connectivity index (χ2v) is 21.8. The number of rotatable bonds is 12. The van der Waals surface area contributed by atoms with Crippen LogP contribution in [0.3, 0.4) is 0 Å². The zero-order chi connectivity index (χ0) is 38.1. The number of aliphatic imine (C=N–C) groups is 1. The van der Waals surface area contributed by atoms with Crippen molar-refractivity contribution < 1.29 is 23.5 Å². The Morgan fingerprint density at radius 3 is 2.61 bits per heavy atom. The third kappa shape index (κ3) is 8.00. The first-order chi connectivity index (χ1) is 25.9. The molecule has 16 heteroatoms. The molecule has 2 amide bonds. The highest BCUT2D eigenvalue weighted by atomic mass is 35.5. The molecule has 2 aromatic heterocycles. The molecule has 2 fully saturated rings. The van der Waals surface area contributed by atoms with E-state index < -0.39 is 25.9 Å². The largest absolute Gasteiger partial charge is 0.466 e. The summed E-state index contributed by atoms with van der Waals surface area (Å²) in [6.45, 7) is 12.7. The first kappa shape index (κ1) is 37.9. The van der Waals surface area contributed by atoms with Crippen molar-refractivity contribution >= 4 is 54.5 Å². The Bertz CT molecular complexity index is 2080. The van der Waals surface area contributed by atoms with Crippen LogP contribution in [0.25, 0.3) is 11.3 Å². The van der Waals surface area contributed by atoms with E-state index in [1.54, 1.807) is 12.3 Å². The number of aryl methyl sites for hydroxylation is 1. The van der Waals surface area contributed by atoms with E-state index in [1.165, 1.54) is 30.6 Å². The number of carbonyl (C=O) groups excluding carboxylic acids is 2. The van der Waals surface area contributed by atoms with Crippen LogP contribution in [-0.4, -0.2) is 103 Å². The molecule has 0 aliphatic carbocycles. The first-order valence-electron chi connectivity index (χ1n) is 17.9. The number of thiazole rings is 1. The van der Waals surface area contributed by atoms with Crippen LogP contribution >= 0.6 is 22.9 Å². The summed E-state index contributed by atoms with van der Waals surface area (Å²) in [5.41, 5.74) is 4.15. The summed E-state index contributed by atoms with van der Waals surface area (Å²) in [6, 6.07) is 12.2. The third-order valence-corrected chi connectivity index (χ3v) is 12.8. The van der Waals surface area contributed by atoms with Gasteiger partial charge in [0.05, 0.1) is 30.6 Å². The molecular formula is C38H44ClFN8O4SSi. The van der Waals surface area contributed by atoms with Crippen LogP contribution in [0.4, 0.5) is 14.9 Å². The van der Waals surface area contributed by atoms with E-state index in [2.05, 4.69) is 44.4 Å². The lowest BCUT2D eigenvalue weighted by molar-refractivity contribution is -0.136. The lowest BCUT2D eigenvalue weighted by Gasteiger charge is -2.38. The Balaban J connectivity index is 1.07. The maximum absolute atomic E-state index is 14.1. The summed E-state index contributed by atoms with van der Waals surface area (Å²) >= 11 is 7.94. The number of ether oxygens (including phenoxy) is 2. The minimum Gasteiger partial charge on any atom is -0.466 e. The molecule has 2 aromatic carbocycles. The van der Waals surface area contributed by atoms with Gasteiger partial charge >= 0.3 is 12.0 Å². The normalized spacial score (nSPS) is 19.2. The summed E-state index contributed by atoms with van der Waals surface area (Å²) in [4.78, 5) is 47.0. The number of hydrogen-bond acceptors (Lipinski definition) is 10. The van der Waals surface area contributed by atoms with E-state index in [4.69, 9.17) is 26.1 Å². The molecule has 3 aliphatic rings. The number of imidazole rings is 1. The number of anilines is 1. The van der Waals surface area contributed by atoms with Crippen molar-refractivity contribution in [1.82, 2.24) is 29.7 Å². The van der Waals surface area contributed by atoms with Gasteiger partial charge in [0, 0.05) is 81.0 Å². The number of hydrogen-bond donors (Lipinski definition) is 1. The van der Waals surface area contributed by atoms with Crippen LogP contribution in [0.5, 0.6) is 0 Å². The number of fused-ring (bicyclic) bond motifs is 1. The molecule has 284 valence electrons. The fraction of sp³-hybridized carbons (Fsp3) is 0.395. The van der Waals surface area contributed by atoms with Gasteiger partial charge < -0.3 is 24.3 Å². The maximum Gasteiger partial charge on any atom is 0.338 e. The Hall–Kier alpha value is -4.41. The summed E-state index contributed by atoms with van der Waals surface area (Å²) in [5.74, 6) is 0.311. The van der Waals surface area contributed by atoms with Crippen molar-refractivity contribution in [2.24, 2.45) is 4.99 Å². The number of benzene rings is 2. The van der Waals surface area contributed by atoms with Crippen molar-refractivity contribution in [3.8, 4) is 11.3 Å². The number of esters is 1. The molecule has 0 bridgehead atoms. The predicted octanol–water partition coefficient (Wildman–Crippen LogP) is 6.56. The lowest BCUT2D eigenvalue weighted by atomic mass is 9.95. The molecule has 1 N–H and O–H groups in total. The van der Waals surface area contributed by atoms with Gasteiger partial charge in [-0.25, -0.2) is 23.9 Å². The van der Waals surface area contributed by atoms with Gasteiger partial charge in [0.15, 0.2) is 10.8 Å². The quantitative estimate of drug-likeness (QED) is 0.0975. The molecule has 3 aliphatic heterocycles. The highest BCUT2D eigenvalue weighted by Gasteiger charge is 2.42. The number of carbonyl (C=O) groups is 2. The average Bonchev–Trinajstić information content (AvgIpc) is 3.89. The van der Waals surface area contributed by atoms with Crippen LogP contribution < -0.4 is 10.2 Å². The molecule has 54 heavy (non-hydrogen) atoms. The van der Waals surface area contributed by atoms with Crippen molar-refractivity contribution in [3.05, 3.63) is 98.7 Å². The Labute approximate surface area is 324 Å². The van der Waals surface area contributed by atoms with E-state index in [0.717, 1.165) is 35.4 Å². The smallest absolute Gasteiger partial charge is 0.338 e. The molecule has 0 spiro atoms. The Morgan fingerprint density at radius 1 is 1.11 bits per heavy atom. The van der Waals surface area contributed by atoms with Crippen LogP contribution in [-0.2, 0) is 21.0 Å². The summed E-state index contributed by atoms with van der Waals surface area (Å²) < 4.78 is 27.5. The molecule has 0 saturated carbocycles. The second kappa shape index (κ2) is 15.7. The molecule has 5 heterocycles. The zero-order valence-electron chi connectivity index (χ0n) is 31.0. The molecule has 2 saturated heterocycles. The monoisotopic (exact) mass is 790 g/mol. The van der Waals surface area contributed by atoms with Gasteiger partial charge in [-0.3, -0.25) is 14.8 Å². The van der Waals surface area contributed by atoms with Crippen molar-refractivity contribution in [2.45, 2.75) is 51.4 Å². The number of urea groups is 1. The minimum atomic E-state index is -1.19. The van der Waals surface area contributed by atoms with Gasteiger partial charge in [-0.1, -0.05) is 49.4 Å². The van der Waals surface area contributed by atoms with Gasteiger partial charge in [0.1, 0.15) is 24.4 Å². The number of amides is 2. The minimum absolute atomic E-state index is 0.0291. The number of piperazine rings is 1. The van der Waals surface area contributed by atoms with Gasteiger partial charge in [-0.05, 0) is 42.8 Å². The molecule has 0 radical (unpaired) electrons. The topological polar surface area (TPSA) is 117 Å². The average molecular weight is 791 g/mol. The molecule has 12 nitrogen and oxygen atoms in total. The standard InChI is InChI=1S/C38H44ClFN8O4SSi/c1-24-42-19-32(48(24)23-52-15-17-54(3,4)5)25-6-9-27(10-7-25)47-21-28-20-45(13-14-46(28)38(47)50)22-31-33(37(49)51-2)34(29-11-8-26(40)18-30(29)39)44-35(43-31)36-41-12-16-53-36/h6-12,16,18-19,28,34H,13-15,17,20-23H2,1-5H3,(H,43,44)/t28-,34-/m0/s1. The van der Waals surface area contributed by atoms with Crippen molar-refractivity contribution in [1.29, 1.82) is 0 Å². The number of amidine groups is 1. The summed E-state index contributed by atoms with van der Waals surface area (Å²) in [7, 11) is 0.131. The third-order valence-electron chi connectivity index (χ3n) is 9.99. The molecule has 7 rings (SSSR count). The number of nitrogens with one attached hydrogen (secondary N) is 1. The van der Waals surface area contributed by atoms with Crippen LogP contribution in [0.15, 0.2) is 76.5 Å². The fourth-order valence-electron chi connectivity index (χ4n) is 7.03. The molecule has 4 aromatic rings. The molecule has 2 atom stereocenters. The number of halogens is 2. The zero-order valence-corrected chi connectivity index (χ0v) is 33.6. The fourth-order valence-corrected chi connectivity index (χ4v) is 8.65. The summed E-state index contributed by atoms with van der Waals surface area (Å²) in [5, 5.41) is 5.99. The lowest BCUT2D eigenvalue weighted by Crippen LogP contribution is -2.53. The highest BCUT2D eigenvalue weighted by molar-refractivity contribution is 7.11. The number of methoxy groups -OCH3 is 1. The van der Waals surface area contributed by atoms with Crippen LogP contribution in [0.2, 0.25) is 30.7 Å². The van der Waals surface area contributed by atoms with E-state index in [9.17, 15) is 14.0 Å². The van der Waals surface area contributed by atoms with E-state index in [-0.39, 0.29) is 22.7 Å². The Morgan fingerprint density at radius 2 is 1.91 bits per heavy atom. The van der Waals surface area contributed by atoms with Gasteiger partial charge in [-0.15, -0.1) is 11.3 Å². The SMILES string of the molecule is COC(=O)C1=C(CN2CCN3C(=O)N(c4ccc(-c5cnc(C)n5COCC[Si](C)(C)C)cc4)C[C@@H]3C2)NC(c2nccs2)=N[C@H]1c1ccc(F)cc1Cl.